The lowest BCUT2D eigenvalue weighted by atomic mass is 10.0. The van der Waals surface area contributed by atoms with Gasteiger partial charge in [-0.25, -0.2) is 0 Å². The van der Waals surface area contributed by atoms with Crippen molar-refractivity contribution in [2.75, 3.05) is 13.2 Å². The molecule has 0 amide bonds. The van der Waals surface area contributed by atoms with Gasteiger partial charge in [0.2, 0.25) is 0 Å². The van der Waals surface area contributed by atoms with Crippen LogP contribution in [0.1, 0.15) is 271 Å². The third-order valence-electron chi connectivity index (χ3n) is 12.5. The van der Waals surface area contributed by atoms with Crippen molar-refractivity contribution in [1.82, 2.24) is 0 Å². The second kappa shape index (κ2) is 57.9. The summed E-state index contributed by atoms with van der Waals surface area (Å²) in [5.41, 5.74) is 0. The first-order valence-corrected chi connectivity index (χ1v) is 29.3. The fraction of sp³-hybridized carbons (Fsp3) is 0.703. The van der Waals surface area contributed by atoms with Gasteiger partial charge in [0.15, 0.2) is 6.10 Å². The third kappa shape index (κ3) is 55.3. The number of hydrogen-bond acceptors (Lipinski definition) is 6. The number of hydrogen-bond donors (Lipinski definition) is 0. The van der Waals surface area contributed by atoms with Gasteiger partial charge in [-0.1, -0.05) is 285 Å². The van der Waals surface area contributed by atoms with Crippen LogP contribution in [0.4, 0.5) is 0 Å². The van der Waals surface area contributed by atoms with Crippen LogP contribution in [0.25, 0.3) is 0 Å². The first kappa shape index (κ1) is 66.3. The zero-order valence-electron chi connectivity index (χ0n) is 45.8. The van der Waals surface area contributed by atoms with E-state index in [1.54, 1.807) is 0 Å². The summed E-state index contributed by atoms with van der Waals surface area (Å²) < 4.78 is 16.9. The average molecular weight is 974 g/mol. The number of ether oxygens (including phenoxy) is 3. The third-order valence-corrected chi connectivity index (χ3v) is 12.5. The van der Waals surface area contributed by atoms with Crippen LogP contribution in [0.2, 0.25) is 0 Å². The molecule has 0 aromatic heterocycles. The highest BCUT2D eigenvalue weighted by Crippen LogP contribution is 2.16. The molecule has 0 heterocycles. The van der Waals surface area contributed by atoms with E-state index in [4.69, 9.17) is 14.2 Å². The number of carbonyl (C=O) groups excluding carboxylic acids is 3. The maximum absolute atomic E-state index is 12.9. The van der Waals surface area contributed by atoms with Crippen molar-refractivity contribution in [3.05, 3.63) is 97.2 Å². The Balaban J connectivity index is 4.46. The second-order valence-electron chi connectivity index (χ2n) is 19.4. The molecule has 0 spiro atoms. The molecule has 1 atom stereocenters. The first-order valence-electron chi connectivity index (χ1n) is 29.3. The molecule has 0 radical (unpaired) electrons. The Morgan fingerprint density at radius 1 is 0.300 bits per heavy atom. The molecule has 6 heteroatoms. The second-order valence-corrected chi connectivity index (χ2v) is 19.4. The summed E-state index contributed by atoms with van der Waals surface area (Å²) in [6, 6.07) is 0. The quantitative estimate of drug-likeness (QED) is 0.0262. The van der Waals surface area contributed by atoms with Crippen molar-refractivity contribution >= 4 is 17.9 Å². The van der Waals surface area contributed by atoms with Crippen LogP contribution in [-0.2, 0) is 28.6 Å². The van der Waals surface area contributed by atoms with Gasteiger partial charge in [-0.3, -0.25) is 14.4 Å². The minimum absolute atomic E-state index is 0.0951. The van der Waals surface area contributed by atoms with Crippen molar-refractivity contribution in [1.29, 1.82) is 0 Å². The lowest BCUT2D eigenvalue weighted by molar-refractivity contribution is -0.167. The SMILES string of the molecule is CC\C=C/C=C\C=C/C=C\C=C\C=C/CCCCCC(=O)OC(COC(=O)CCCCCCCCCCCC/C=C\C=C/CCCCC)COC(=O)CCCCCCCCCCCCCCCCCC. The molecule has 0 bridgehead atoms. The minimum Gasteiger partial charge on any atom is -0.462 e. The summed E-state index contributed by atoms with van der Waals surface area (Å²) in [6.07, 6.45) is 76.8. The molecule has 0 aliphatic heterocycles. The Morgan fingerprint density at radius 3 is 0.929 bits per heavy atom. The van der Waals surface area contributed by atoms with Gasteiger partial charge in [-0.15, -0.1) is 0 Å². The maximum atomic E-state index is 12.9. The molecule has 6 nitrogen and oxygen atoms in total. The van der Waals surface area contributed by atoms with Gasteiger partial charge in [0.05, 0.1) is 0 Å². The Hall–Kier alpha value is -3.67. The summed E-state index contributed by atoms with van der Waals surface area (Å²) in [4.78, 5) is 38.2. The van der Waals surface area contributed by atoms with Crippen molar-refractivity contribution in [3.8, 4) is 0 Å². The van der Waals surface area contributed by atoms with Gasteiger partial charge < -0.3 is 14.2 Å². The average Bonchev–Trinajstić information content (AvgIpc) is 3.36. The molecule has 0 N–H and O–H groups in total. The fourth-order valence-electron chi connectivity index (χ4n) is 8.11. The molecule has 1 unspecified atom stereocenters. The smallest absolute Gasteiger partial charge is 0.306 e. The van der Waals surface area contributed by atoms with Gasteiger partial charge >= 0.3 is 17.9 Å². The van der Waals surface area contributed by atoms with E-state index in [9.17, 15) is 14.4 Å². The lowest BCUT2D eigenvalue weighted by Gasteiger charge is -2.18. The molecule has 0 aliphatic carbocycles. The lowest BCUT2D eigenvalue weighted by Crippen LogP contribution is -2.30. The van der Waals surface area contributed by atoms with Crippen LogP contribution in [0.3, 0.4) is 0 Å². The zero-order chi connectivity index (χ0) is 50.7. The summed E-state index contributed by atoms with van der Waals surface area (Å²) in [6.45, 7) is 6.45. The predicted molar refractivity (Wildman–Crippen MR) is 302 cm³/mol. The number of rotatable bonds is 52. The topological polar surface area (TPSA) is 78.9 Å². The number of allylic oxidation sites excluding steroid dienone is 16. The molecule has 70 heavy (non-hydrogen) atoms. The molecule has 0 aromatic carbocycles. The van der Waals surface area contributed by atoms with Crippen LogP contribution < -0.4 is 0 Å². The van der Waals surface area contributed by atoms with E-state index in [-0.39, 0.29) is 37.5 Å². The minimum atomic E-state index is -0.802. The molecule has 0 saturated heterocycles. The van der Waals surface area contributed by atoms with Gasteiger partial charge in [0.25, 0.3) is 0 Å². The van der Waals surface area contributed by atoms with Crippen LogP contribution in [-0.4, -0.2) is 37.2 Å². The molecule has 0 fully saturated rings. The fourth-order valence-corrected chi connectivity index (χ4v) is 8.11. The molecule has 0 aromatic rings. The van der Waals surface area contributed by atoms with Crippen molar-refractivity contribution < 1.29 is 28.6 Å². The van der Waals surface area contributed by atoms with Crippen LogP contribution in [0, 0.1) is 0 Å². The Bertz CT molecular complexity index is 1400. The van der Waals surface area contributed by atoms with Crippen LogP contribution in [0.15, 0.2) is 97.2 Å². The highest BCUT2D eigenvalue weighted by Gasteiger charge is 2.19. The van der Waals surface area contributed by atoms with Gasteiger partial charge in [0, 0.05) is 19.3 Å². The Kier molecular flexibility index (Phi) is 54.9. The van der Waals surface area contributed by atoms with E-state index in [1.165, 1.54) is 161 Å². The van der Waals surface area contributed by atoms with Crippen molar-refractivity contribution in [2.24, 2.45) is 0 Å². The van der Waals surface area contributed by atoms with Gasteiger partial charge in [-0.05, 0) is 64.2 Å². The summed E-state index contributed by atoms with van der Waals surface area (Å²) in [5, 5.41) is 0. The Labute approximate surface area is 432 Å². The predicted octanol–water partition coefficient (Wildman–Crippen LogP) is 19.7. The molecular weight excluding hydrogens is 865 g/mol. The number of carbonyl (C=O) groups is 3. The monoisotopic (exact) mass is 973 g/mol. The molecule has 0 aliphatic rings. The van der Waals surface area contributed by atoms with E-state index in [1.807, 2.05) is 60.8 Å². The zero-order valence-corrected chi connectivity index (χ0v) is 45.8. The van der Waals surface area contributed by atoms with E-state index in [2.05, 4.69) is 57.2 Å². The molecular formula is C64H108O6. The summed E-state index contributed by atoms with van der Waals surface area (Å²) in [5.74, 6) is -0.935. The highest BCUT2D eigenvalue weighted by atomic mass is 16.6. The number of unbranched alkanes of at least 4 members (excludes halogenated alkanes) is 31. The van der Waals surface area contributed by atoms with Crippen LogP contribution >= 0.6 is 0 Å². The van der Waals surface area contributed by atoms with Gasteiger partial charge in [0.1, 0.15) is 13.2 Å². The molecule has 0 saturated carbocycles. The molecule has 400 valence electrons. The highest BCUT2D eigenvalue weighted by molar-refractivity contribution is 5.71. The van der Waals surface area contributed by atoms with Crippen LogP contribution in [0.5, 0.6) is 0 Å². The number of esters is 3. The standard InChI is InChI=1S/C64H108O6/c1-4-7-10-13-16-19-22-25-28-31-32-34-36-39-42-45-48-51-54-57-63(66)69-60-61(59-68-62(65)56-53-50-47-44-41-38-35-30-27-24-21-18-15-12-9-6-3)70-64(67)58-55-52-49-46-43-40-37-33-29-26-23-20-17-14-11-8-5-2/h8,11,14,16-17,19-20,22-23,25-26,29,33,37,40,43,61H,4-7,9-10,12-13,15,18,21,24,27-28,30-32,34-36,38-39,41-42,44-60H2,1-3H3/b11-8-,17-14-,19-16-,23-20-,25-22-,29-26-,37-33+,43-40-. The van der Waals surface area contributed by atoms with E-state index in [0.717, 1.165) is 64.2 Å². The maximum Gasteiger partial charge on any atom is 0.306 e. The van der Waals surface area contributed by atoms with E-state index < -0.39 is 6.10 Å². The van der Waals surface area contributed by atoms with E-state index >= 15 is 0 Å². The summed E-state index contributed by atoms with van der Waals surface area (Å²) in [7, 11) is 0. The Morgan fingerprint density at radius 2 is 0.557 bits per heavy atom. The molecule has 0 rings (SSSR count). The largest absolute Gasteiger partial charge is 0.462 e. The normalized spacial score (nSPS) is 12.8. The van der Waals surface area contributed by atoms with Crippen molar-refractivity contribution in [3.63, 3.8) is 0 Å². The first-order chi connectivity index (χ1) is 34.5. The van der Waals surface area contributed by atoms with E-state index in [0.29, 0.717) is 19.3 Å². The summed E-state index contributed by atoms with van der Waals surface area (Å²) >= 11 is 0. The van der Waals surface area contributed by atoms with Crippen molar-refractivity contribution in [2.45, 2.75) is 277 Å². The van der Waals surface area contributed by atoms with Gasteiger partial charge in [-0.2, -0.15) is 0 Å².